The van der Waals surface area contributed by atoms with Gasteiger partial charge < -0.3 is 15.0 Å². The van der Waals surface area contributed by atoms with Gasteiger partial charge in [-0.05, 0) is 23.3 Å². The first-order valence-corrected chi connectivity index (χ1v) is 8.84. The first-order valence-electron chi connectivity index (χ1n) is 8.84. The Hall–Kier alpha value is -3.63. The highest BCUT2D eigenvalue weighted by molar-refractivity contribution is 6.01. The van der Waals surface area contributed by atoms with Gasteiger partial charge in [-0.2, -0.15) is 15.8 Å². The summed E-state index contributed by atoms with van der Waals surface area (Å²) in [5.41, 5.74) is -0.621. The number of fused-ring (bicyclic) bond motifs is 1. The molecule has 1 heterocycles. The minimum atomic E-state index is -1.80. The first-order chi connectivity index (χ1) is 13.4. The molecule has 0 saturated heterocycles. The lowest BCUT2D eigenvalue weighted by atomic mass is 9.54. The minimum absolute atomic E-state index is 0.117. The number of ether oxygens (including phenoxy) is 1. The fraction of sp³-hybridized carbons (Fsp3) is 0.381. The SMILES string of the molecule is COc1cccc([C@H]2[C@H]3CN(C(C)=O)CC=C3C(C#N)C(=N)C2(C#N)C#N)c1. The van der Waals surface area contributed by atoms with E-state index in [0.717, 1.165) is 0 Å². The van der Waals surface area contributed by atoms with Crippen LogP contribution in [0.5, 0.6) is 5.75 Å². The number of carbonyl (C=O) groups excluding carboxylic acids is 1. The van der Waals surface area contributed by atoms with Gasteiger partial charge in [0.25, 0.3) is 0 Å². The maximum Gasteiger partial charge on any atom is 0.219 e. The van der Waals surface area contributed by atoms with Gasteiger partial charge in [0.1, 0.15) is 11.7 Å². The molecule has 7 nitrogen and oxygen atoms in total. The highest BCUT2D eigenvalue weighted by Crippen LogP contribution is 2.53. The molecule has 1 aromatic rings. The summed E-state index contributed by atoms with van der Waals surface area (Å²) in [5, 5.41) is 38.2. The number of methoxy groups -OCH3 is 1. The van der Waals surface area contributed by atoms with Gasteiger partial charge in [-0.15, -0.1) is 0 Å². The molecule has 1 saturated carbocycles. The maximum atomic E-state index is 12.0. The number of nitrogens with zero attached hydrogens (tertiary/aromatic N) is 4. The van der Waals surface area contributed by atoms with E-state index in [9.17, 15) is 20.6 Å². The molecule has 140 valence electrons. The van der Waals surface area contributed by atoms with E-state index in [2.05, 4.69) is 6.07 Å². The second-order valence-corrected chi connectivity index (χ2v) is 7.00. The fourth-order valence-electron chi connectivity index (χ4n) is 4.28. The molecule has 0 radical (unpaired) electrons. The Morgan fingerprint density at radius 3 is 2.61 bits per heavy atom. The number of nitrogens with one attached hydrogen (secondary N) is 1. The molecule has 0 spiro atoms. The Bertz CT molecular complexity index is 977. The van der Waals surface area contributed by atoms with Crippen molar-refractivity contribution in [3.63, 3.8) is 0 Å². The van der Waals surface area contributed by atoms with Crippen LogP contribution in [-0.2, 0) is 4.79 Å². The average molecular weight is 373 g/mol. The highest BCUT2D eigenvalue weighted by atomic mass is 16.5. The minimum Gasteiger partial charge on any atom is -0.497 e. The van der Waals surface area contributed by atoms with Crippen LogP contribution < -0.4 is 4.74 Å². The lowest BCUT2D eigenvalue weighted by molar-refractivity contribution is -0.129. The van der Waals surface area contributed by atoms with Crippen LogP contribution >= 0.6 is 0 Å². The summed E-state index contributed by atoms with van der Waals surface area (Å²) in [6, 6.07) is 13.2. The molecule has 0 bridgehead atoms. The second-order valence-electron chi connectivity index (χ2n) is 7.00. The quantitative estimate of drug-likeness (QED) is 0.797. The van der Waals surface area contributed by atoms with Crippen LogP contribution in [0, 0.1) is 56.7 Å². The third kappa shape index (κ3) is 2.71. The van der Waals surface area contributed by atoms with Crippen LogP contribution in [0.15, 0.2) is 35.9 Å². The molecule has 1 unspecified atom stereocenters. The normalized spacial score (nSPS) is 25.4. The van der Waals surface area contributed by atoms with Crippen molar-refractivity contribution in [3.8, 4) is 24.0 Å². The zero-order valence-electron chi connectivity index (χ0n) is 15.6. The zero-order chi connectivity index (χ0) is 20.5. The van der Waals surface area contributed by atoms with Crippen LogP contribution in [0.4, 0.5) is 0 Å². The number of nitriles is 3. The first kappa shape index (κ1) is 19.1. The summed E-state index contributed by atoms with van der Waals surface area (Å²) >= 11 is 0. The van der Waals surface area contributed by atoms with Crippen LogP contribution in [-0.4, -0.2) is 36.7 Å². The standard InChI is InChI=1S/C21H19N5O2/c1-13(27)26-7-6-16-17(9-22)20(25)21(11-23,12-24)19(18(16)10-26)14-4-3-5-15(8-14)28-2/h3-6,8,17-19,25H,7,10H2,1-2H3/t17?,18-,19-/m0/s1. The van der Waals surface area contributed by atoms with Gasteiger partial charge in [0.2, 0.25) is 5.91 Å². The lowest BCUT2D eigenvalue weighted by Crippen LogP contribution is -2.53. The molecule has 28 heavy (non-hydrogen) atoms. The molecule has 1 aliphatic heterocycles. The van der Waals surface area contributed by atoms with Crippen molar-refractivity contribution in [1.29, 1.82) is 21.2 Å². The average Bonchev–Trinajstić information content (AvgIpc) is 2.72. The molecular weight excluding hydrogens is 354 g/mol. The smallest absolute Gasteiger partial charge is 0.219 e. The van der Waals surface area contributed by atoms with Crippen LogP contribution in [0.2, 0.25) is 0 Å². The topological polar surface area (TPSA) is 125 Å². The molecule has 1 aliphatic carbocycles. The molecule has 1 N–H and O–H groups in total. The van der Waals surface area contributed by atoms with E-state index in [1.165, 1.54) is 14.0 Å². The van der Waals surface area contributed by atoms with Crippen LogP contribution in [0.25, 0.3) is 0 Å². The van der Waals surface area contributed by atoms with E-state index in [4.69, 9.17) is 10.1 Å². The zero-order valence-corrected chi connectivity index (χ0v) is 15.6. The molecule has 3 rings (SSSR count). The molecule has 2 aliphatic rings. The highest BCUT2D eigenvalue weighted by Gasteiger charge is 2.57. The molecule has 3 atom stereocenters. The predicted octanol–water partition coefficient (Wildman–Crippen LogP) is 2.39. The number of amides is 1. The Balaban J connectivity index is 2.26. The molecule has 1 fully saturated rings. The molecule has 7 heteroatoms. The van der Waals surface area contributed by atoms with Gasteiger partial charge in [-0.1, -0.05) is 18.2 Å². The Labute approximate surface area is 163 Å². The van der Waals surface area contributed by atoms with Gasteiger partial charge in [-0.3, -0.25) is 4.79 Å². The van der Waals surface area contributed by atoms with Crippen molar-refractivity contribution in [2.24, 2.45) is 17.3 Å². The summed E-state index contributed by atoms with van der Waals surface area (Å²) < 4.78 is 5.29. The number of benzene rings is 1. The number of hydrogen-bond donors (Lipinski definition) is 1. The van der Waals surface area contributed by atoms with Gasteiger partial charge in [-0.25, -0.2) is 0 Å². The van der Waals surface area contributed by atoms with Crippen molar-refractivity contribution in [3.05, 3.63) is 41.5 Å². The molecule has 1 amide bonds. The summed E-state index contributed by atoms with van der Waals surface area (Å²) in [6.45, 7) is 2.11. The lowest BCUT2D eigenvalue weighted by Gasteiger charge is -2.47. The van der Waals surface area contributed by atoms with Crippen molar-refractivity contribution in [2.75, 3.05) is 20.2 Å². The van der Waals surface area contributed by atoms with E-state index in [1.54, 1.807) is 35.2 Å². The van der Waals surface area contributed by atoms with Gasteiger partial charge >= 0.3 is 0 Å². The van der Waals surface area contributed by atoms with E-state index >= 15 is 0 Å². The third-order valence-corrected chi connectivity index (χ3v) is 5.69. The van der Waals surface area contributed by atoms with Gasteiger partial charge in [0.05, 0.1) is 31.0 Å². The van der Waals surface area contributed by atoms with E-state index < -0.39 is 23.2 Å². The second kappa shape index (κ2) is 7.18. The predicted molar refractivity (Wildman–Crippen MR) is 100 cm³/mol. The van der Waals surface area contributed by atoms with Gasteiger partial charge in [0.15, 0.2) is 5.41 Å². The monoisotopic (exact) mass is 373 g/mol. The summed E-state index contributed by atoms with van der Waals surface area (Å²) in [4.78, 5) is 13.6. The van der Waals surface area contributed by atoms with Gasteiger partial charge in [0, 0.05) is 31.8 Å². The van der Waals surface area contributed by atoms with Crippen LogP contribution in [0.3, 0.4) is 0 Å². The van der Waals surface area contributed by atoms with Crippen molar-refractivity contribution in [2.45, 2.75) is 12.8 Å². The van der Waals surface area contributed by atoms with Crippen molar-refractivity contribution < 1.29 is 9.53 Å². The Kier molecular flexibility index (Phi) is 4.91. The van der Waals surface area contributed by atoms with Crippen molar-refractivity contribution in [1.82, 2.24) is 4.90 Å². The number of carbonyl (C=O) groups is 1. The summed E-state index contributed by atoms with van der Waals surface area (Å²) in [7, 11) is 1.53. The fourth-order valence-corrected chi connectivity index (χ4v) is 4.28. The largest absolute Gasteiger partial charge is 0.497 e. The third-order valence-electron chi connectivity index (χ3n) is 5.69. The number of rotatable bonds is 2. The molecular formula is C21H19N5O2. The molecule has 0 aromatic heterocycles. The van der Waals surface area contributed by atoms with Crippen LogP contribution in [0.1, 0.15) is 18.4 Å². The summed E-state index contributed by atoms with van der Waals surface area (Å²) in [6.07, 6.45) is 1.80. The van der Waals surface area contributed by atoms with E-state index in [1.807, 2.05) is 12.1 Å². The molecule has 1 aromatic carbocycles. The summed E-state index contributed by atoms with van der Waals surface area (Å²) in [5.74, 6) is -1.60. The Morgan fingerprint density at radius 1 is 1.32 bits per heavy atom. The van der Waals surface area contributed by atoms with Crippen molar-refractivity contribution >= 4 is 11.6 Å². The van der Waals surface area contributed by atoms with E-state index in [0.29, 0.717) is 30.0 Å². The van der Waals surface area contributed by atoms with E-state index in [-0.39, 0.29) is 11.6 Å². The maximum absolute atomic E-state index is 12.0. The Morgan fingerprint density at radius 2 is 2.04 bits per heavy atom. The number of hydrogen-bond acceptors (Lipinski definition) is 6.